The molecule has 0 aliphatic carbocycles. The molecular formula is C31H24F3N3O3. The standard InChI is InChI=1S/C31H24F3N3O3/c1-37-25-10-6-5-9-22(25)27(19-7-3-2-4-8-19)35-29(31(37)40)36-30(39)26(18-11-14-21(32)15-12-18)28(38)20-13-16-23(33)24(34)17-20/h2-17,26,28-29,38H,1H3,(H,36,39)/t26-,28?,29+/m0/s1. The number of aliphatic hydroxyl groups is 1. The number of nitrogens with zero attached hydrogens (tertiary/aromatic N) is 2. The maximum absolute atomic E-state index is 14.0. The van der Waals surface area contributed by atoms with Crippen LogP contribution in [0.4, 0.5) is 18.9 Å². The first-order valence-corrected chi connectivity index (χ1v) is 12.4. The lowest BCUT2D eigenvalue weighted by molar-refractivity contribution is -0.130. The van der Waals surface area contributed by atoms with Crippen molar-refractivity contribution >= 4 is 23.2 Å². The van der Waals surface area contributed by atoms with Gasteiger partial charge in [0.2, 0.25) is 12.1 Å². The van der Waals surface area contributed by atoms with Gasteiger partial charge in [-0.15, -0.1) is 0 Å². The van der Waals surface area contributed by atoms with Crippen LogP contribution in [-0.4, -0.2) is 35.8 Å². The molecule has 2 N–H and O–H groups in total. The first kappa shape index (κ1) is 26.8. The fraction of sp³-hybridized carbons (Fsp3) is 0.129. The third-order valence-electron chi connectivity index (χ3n) is 6.78. The van der Waals surface area contributed by atoms with Crippen LogP contribution in [0.3, 0.4) is 0 Å². The van der Waals surface area contributed by atoms with Crippen LogP contribution in [0.15, 0.2) is 102 Å². The van der Waals surface area contributed by atoms with Gasteiger partial charge in [-0.05, 0) is 41.5 Å². The van der Waals surface area contributed by atoms with Crippen LogP contribution in [0.1, 0.15) is 34.3 Å². The lowest BCUT2D eigenvalue weighted by Gasteiger charge is -2.26. The number of rotatable bonds is 6. The number of hydrogen-bond donors (Lipinski definition) is 2. The number of carbonyl (C=O) groups is 2. The van der Waals surface area contributed by atoms with E-state index in [0.717, 1.165) is 30.3 Å². The number of hydrogen-bond acceptors (Lipinski definition) is 4. The highest BCUT2D eigenvalue weighted by molar-refractivity contribution is 6.20. The molecule has 4 aromatic rings. The number of likely N-dealkylation sites (N-methyl/N-ethyl adjacent to an activating group) is 1. The highest BCUT2D eigenvalue weighted by atomic mass is 19.2. The molecule has 0 radical (unpaired) electrons. The van der Waals surface area contributed by atoms with Gasteiger partial charge in [0.15, 0.2) is 11.6 Å². The van der Waals surface area contributed by atoms with E-state index in [2.05, 4.69) is 10.3 Å². The van der Waals surface area contributed by atoms with E-state index in [1.807, 2.05) is 42.5 Å². The van der Waals surface area contributed by atoms with Crippen LogP contribution in [0.5, 0.6) is 0 Å². The molecule has 5 rings (SSSR count). The largest absolute Gasteiger partial charge is 0.387 e. The number of amides is 2. The minimum absolute atomic E-state index is 0.0754. The Hall–Kier alpha value is -4.76. The molecule has 0 spiro atoms. The molecule has 2 amide bonds. The summed E-state index contributed by atoms with van der Waals surface area (Å²) < 4.78 is 41.3. The maximum atomic E-state index is 14.0. The molecule has 1 heterocycles. The minimum Gasteiger partial charge on any atom is -0.387 e. The summed E-state index contributed by atoms with van der Waals surface area (Å²) in [5, 5.41) is 13.8. The Kier molecular flexibility index (Phi) is 7.48. The second-order valence-corrected chi connectivity index (χ2v) is 9.32. The van der Waals surface area contributed by atoms with Gasteiger partial charge in [0.05, 0.1) is 23.4 Å². The second kappa shape index (κ2) is 11.2. The predicted molar refractivity (Wildman–Crippen MR) is 144 cm³/mol. The van der Waals surface area contributed by atoms with E-state index in [1.165, 1.54) is 17.0 Å². The zero-order chi connectivity index (χ0) is 28.4. The van der Waals surface area contributed by atoms with Gasteiger partial charge in [-0.3, -0.25) is 9.59 Å². The Morgan fingerprint density at radius 1 is 0.875 bits per heavy atom. The average Bonchev–Trinajstić information content (AvgIpc) is 3.06. The minimum atomic E-state index is -1.66. The molecular weight excluding hydrogens is 519 g/mol. The van der Waals surface area contributed by atoms with Gasteiger partial charge in [-0.1, -0.05) is 66.7 Å². The Balaban J connectivity index is 1.56. The third-order valence-corrected chi connectivity index (χ3v) is 6.78. The van der Waals surface area contributed by atoms with Crippen molar-refractivity contribution in [2.45, 2.75) is 18.2 Å². The van der Waals surface area contributed by atoms with E-state index in [0.29, 0.717) is 22.5 Å². The van der Waals surface area contributed by atoms with Crippen molar-refractivity contribution in [3.8, 4) is 0 Å². The molecule has 1 aliphatic rings. The molecule has 40 heavy (non-hydrogen) atoms. The van der Waals surface area contributed by atoms with Crippen LogP contribution in [0.25, 0.3) is 0 Å². The van der Waals surface area contributed by atoms with Gasteiger partial charge in [0.1, 0.15) is 5.82 Å². The molecule has 0 aromatic heterocycles. The summed E-state index contributed by atoms with van der Waals surface area (Å²) in [6.07, 6.45) is -3.05. The van der Waals surface area contributed by atoms with Crippen LogP contribution >= 0.6 is 0 Å². The molecule has 4 aromatic carbocycles. The maximum Gasteiger partial charge on any atom is 0.272 e. The summed E-state index contributed by atoms with van der Waals surface area (Å²) >= 11 is 0. The summed E-state index contributed by atoms with van der Waals surface area (Å²) in [6.45, 7) is 0. The fourth-order valence-electron chi connectivity index (χ4n) is 4.70. The molecule has 1 aliphatic heterocycles. The summed E-state index contributed by atoms with van der Waals surface area (Å²) in [5.74, 6) is -5.66. The number of benzodiazepines with no additional fused rings is 1. The zero-order valence-corrected chi connectivity index (χ0v) is 21.3. The smallest absolute Gasteiger partial charge is 0.272 e. The van der Waals surface area contributed by atoms with Crippen LogP contribution in [-0.2, 0) is 9.59 Å². The molecule has 3 atom stereocenters. The quantitative estimate of drug-likeness (QED) is 0.364. The monoisotopic (exact) mass is 543 g/mol. The van der Waals surface area contributed by atoms with Crippen LogP contribution < -0.4 is 10.2 Å². The number of fused-ring (bicyclic) bond motifs is 1. The molecule has 1 unspecified atom stereocenters. The number of aliphatic imine (C=N–C) groups is 1. The number of nitrogens with one attached hydrogen (secondary N) is 1. The van der Waals surface area contributed by atoms with Crippen molar-refractivity contribution in [2.75, 3.05) is 11.9 Å². The Morgan fingerprint density at radius 2 is 1.52 bits per heavy atom. The summed E-state index contributed by atoms with van der Waals surface area (Å²) in [4.78, 5) is 33.4. The molecule has 0 bridgehead atoms. The molecule has 0 saturated heterocycles. The van der Waals surface area contributed by atoms with E-state index >= 15 is 0 Å². The van der Waals surface area contributed by atoms with Crippen LogP contribution in [0.2, 0.25) is 0 Å². The SMILES string of the molecule is CN1C(=O)[C@@H](NC(=O)[C@@H](c2ccc(F)cc2)C(O)c2ccc(F)c(F)c2)N=C(c2ccccc2)c2ccccc21. The van der Waals surface area contributed by atoms with Gasteiger partial charge < -0.3 is 15.3 Å². The lowest BCUT2D eigenvalue weighted by atomic mass is 9.88. The Bertz CT molecular complexity index is 1590. The van der Waals surface area contributed by atoms with Gasteiger partial charge in [0, 0.05) is 18.2 Å². The molecule has 9 heteroatoms. The number of carbonyl (C=O) groups excluding carboxylic acids is 2. The topological polar surface area (TPSA) is 82.0 Å². The highest BCUT2D eigenvalue weighted by Crippen LogP contribution is 2.33. The van der Waals surface area contributed by atoms with Crippen molar-refractivity contribution in [3.05, 3.63) is 137 Å². The van der Waals surface area contributed by atoms with Crippen molar-refractivity contribution in [3.63, 3.8) is 0 Å². The van der Waals surface area contributed by atoms with Gasteiger partial charge in [-0.2, -0.15) is 0 Å². The van der Waals surface area contributed by atoms with E-state index < -0.39 is 47.5 Å². The van der Waals surface area contributed by atoms with Crippen molar-refractivity contribution in [1.82, 2.24) is 5.32 Å². The van der Waals surface area contributed by atoms with E-state index in [-0.39, 0.29) is 11.1 Å². The lowest BCUT2D eigenvalue weighted by Crippen LogP contribution is -2.48. The number of para-hydroxylation sites is 1. The van der Waals surface area contributed by atoms with E-state index in [9.17, 15) is 27.9 Å². The van der Waals surface area contributed by atoms with Gasteiger partial charge >= 0.3 is 0 Å². The molecule has 202 valence electrons. The predicted octanol–water partition coefficient (Wildman–Crippen LogP) is 4.88. The number of anilines is 1. The summed E-state index contributed by atoms with van der Waals surface area (Å²) in [7, 11) is 1.57. The Morgan fingerprint density at radius 3 is 2.23 bits per heavy atom. The number of halogens is 3. The van der Waals surface area contributed by atoms with E-state index in [4.69, 9.17) is 0 Å². The number of benzene rings is 4. The molecule has 0 saturated carbocycles. The first-order valence-electron chi connectivity index (χ1n) is 12.4. The normalized spacial score (nSPS) is 16.4. The summed E-state index contributed by atoms with van der Waals surface area (Å²) in [5.41, 5.74) is 2.57. The summed E-state index contributed by atoms with van der Waals surface area (Å²) in [6, 6.07) is 24.0. The highest BCUT2D eigenvalue weighted by Gasteiger charge is 2.36. The van der Waals surface area contributed by atoms with Gasteiger partial charge in [0.25, 0.3) is 5.91 Å². The Labute approximate surface area is 228 Å². The van der Waals surface area contributed by atoms with Crippen molar-refractivity contribution in [2.24, 2.45) is 4.99 Å². The van der Waals surface area contributed by atoms with Gasteiger partial charge in [-0.25, -0.2) is 18.2 Å². The van der Waals surface area contributed by atoms with Crippen LogP contribution in [0, 0.1) is 17.5 Å². The zero-order valence-electron chi connectivity index (χ0n) is 21.3. The second-order valence-electron chi connectivity index (χ2n) is 9.32. The van der Waals surface area contributed by atoms with Crippen molar-refractivity contribution < 1.29 is 27.9 Å². The first-order chi connectivity index (χ1) is 19.2. The third kappa shape index (κ3) is 5.23. The van der Waals surface area contributed by atoms with E-state index in [1.54, 1.807) is 19.2 Å². The fourth-order valence-corrected chi connectivity index (χ4v) is 4.70. The molecule has 6 nitrogen and oxygen atoms in total. The van der Waals surface area contributed by atoms with Crippen molar-refractivity contribution in [1.29, 1.82) is 0 Å². The average molecular weight is 544 g/mol. The molecule has 0 fully saturated rings. The number of aliphatic hydroxyl groups excluding tert-OH is 1.